The van der Waals surface area contributed by atoms with E-state index in [0.29, 0.717) is 5.56 Å². The quantitative estimate of drug-likeness (QED) is 0.682. The first-order valence-corrected chi connectivity index (χ1v) is 4.17. The zero-order chi connectivity index (χ0) is 10.0. The van der Waals surface area contributed by atoms with E-state index in [9.17, 15) is 10.2 Å². The van der Waals surface area contributed by atoms with Gasteiger partial charge in [-0.25, -0.2) is 0 Å². The summed E-state index contributed by atoms with van der Waals surface area (Å²) in [5.74, 6) is 0.121. The third-order valence-electron chi connectivity index (χ3n) is 2.18. The average molecular weight is 178 g/mol. The van der Waals surface area contributed by atoms with Crippen molar-refractivity contribution in [1.29, 1.82) is 0 Å². The third kappa shape index (κ3) is 1.90. The normalized spacial score (nSPS) is 12.5. The van der Waals surface area contributed by atoms with E-state index in [0.717, 1.165) is 11.1 Å². The van der Waals surface area contributed by atoms with Gasteiger partial charge < -0.3 is 10.2 Å². The van der Waals surface area contributed by atoms with E-state index in [1.54, 1.807) is 12.1 Å². The zero-order valence-electron chi connectivity index (χ0n) is 7.91. The lowest BCUT2D eigenvalue weighted by Crippen LogP contribution is -1.95. The van der Waals surface area contributed by atoms with Crippen molar-refractivity contribution in [1.82, 2.24) is 0 Å². The van der Waals surface area contributed by atoms with Gasteiger partial charge in [0.1, 0.15) is 11.9 Å². The number of benzene rings is 1. The minimum absolute atomic E-state index is 0.121. The topological polar surface area (TPSA) is 40.5 Å². The summed E-state index contributed by atoms with van der Waals surface area (Å²) in [4.78, 5) is 0. The van der Waals surface area contributed by atoms with E-state index in [4.69, 9.17) is 0 Å². The molecule has 0 spiro atoms. The lowest BCUT2D eigenvalue weighted by molar-refractivity contribution is 0.224. The van der Waals surface area contributed by atoms with Crippen molar-refractivity contribution < 1.29 is 10.2 Å². The summed E-state index contributed by atoms with van der Waals surface area (Å²) in [6.07, 6.45) is 0.600. The SMILES string of the molecule is C=CC(O)c1cc(C)c(C)cc1O. The van der Waals surface area contributed by atoms with Crippen LogP contribution in [-0.2, 0) is 0 Å². The second kappa shape index (κ2) is 3.62. The number of rotatable bonds is 2. The molecule has 0 aromatic heterocycles. The fraction of sp³-hybridized carbons (Fsp3) is 0.273. The molecule has 1 rings (SSSR count). The first-order valence-electron chi connectivity index (χ1n) is 4.17. The molecule has 0 saturated heterocycles. The van der Waals surface area contributed by atoms with Gasteiger partial charge in [-0.3, -0.25) is 0 Å². The predicted octanol–water partition coefficient (Wildman–Crippen LogP) is 2.23. The molecule has 70 valence electrons. The highest BCUT2D eigenvalue weighted by Gasteiger charge is 2.09. The Labute approximate surface area is 78.2 Å². The van der Waals surface area contributed by atoms with E-state index in [1.807, 2.05) is 13.8 Å². The molecular formula is C11H14O2. The molecule has 0 aliphatic heterocycles. The number of phenols is 1. The molecule has 0 bridgehead atoms. The molecule has 2 nitrogen and oxygen atoms in total. The number of hydrogen-bond acceptors (Lipinski definition) is 2. The third-order valence-corrected chi connectivity index (χ3v) is 2.18. The Morgan fingerprint density at radius 1 is 1.31 bits per heavy atom. The Kier molecular flexibility index (Phi) is 2.73. The van der Waals surface area contributed by atoms with Crippen molar-refractivity contribution in [2.75, 3.05) is 0 Å². The van der Waals surface area contributed by atoms with Gasteiger partial charge in [0.05, 0.1) is 0 Å². The van der Waals surface area contributed by atoms with E-state index in [-0.39, 0.29) is 5.75 Å². The van der Waals surface area contributed by atoms with E-state index < -0.39 is 6.10 Å². The molecule has 0 saturated carbocycles. The van der Waals surface area contributed by atoms with Crippen molar-refractivity contribution in [3.8, 4) is 5.75 Å². The fourth-order valence-electron chi connectivity index (χ4n) is 1.19. The lowest BCUT2D eigenvalue weighted by Gasteiger charge is -2.10. The Balaban J connectivity index is 3.22. The molecule has 2 heteroatoms. The summed E-state index contributed by atoms with van der Waals surface area (Å²) in [6.45, 7) is 7.32. The van der Waals surface area contributed by atoms with Crippen LogP contribution in [0.25, 0.3) is 0 Å². The summed E-state index contributed by atoms with van der Waals surface area (Å²) in [5, 5.41) is 19.0. The van der Waals surface area contributed by atoms with Gasteiger partial charge in [-0.2, -0.15) is 0 Å². The van der Waals surface area contributed by atoms with E-state index in [2.05, 4.69) is 6.58 Å². The molecule has 1 atom stereocenters. The highest BCUT2D eigenvalue weighted by molar-refractivity contribution is 5.42. The van der Waals surface area contributed by atoms with Crippen LogP contribution in [0, 0.1) is 13.8 Å². The summed E-state index contributed by atoms with van der Waals surface area (Å²) in [5.41, 5.74) is 2.57. The molecule has 0 aliphatic rings. The minimum atomic E-state index is -0.792. The number of aromatic hydroxyl groups is 1. The van der Waals surface area contributed by atoms with Crippen molar-refractivity contribution >= 4 is 0 Å². The summed E-state index contributed by atoms with van der Waals surface area (Å²) >= 11 is 0. The Bertz CT molecular complexity index is 329. The van der Waals surface area contributed by atoms with Gasteiger partial charge in [0.25, 0.3) is 0 Å². The van der Waals surface area contributed by atoms with Gasteiger partial charge in [0.2, 0.25) is 0 Å². The highest BCUT2D eigenvalue weighted by atomic mass is 16.3. The number of aryl methyl sites for hydroxylation is 2. The van der Waals surface area contributed by atoms with Crippen molar-refractivity contribution in [3.05, 3.63) is 41.5 Å². The second-order valence-corrected chi connectivity index (χ2v) is 3.18. The lowest BCUT2D eigenvalue weighted by atomic mass is 10.0. The molecule has 1 aromatic rings. The van der Waals surface area contributed by atoms with Crippen LogP contribution in [0.2, 0.25) is 0 Å². The molecule has 1 unspecified atom stereocenters. The summed E-state index contributed by atoms with van der Waals surface area (Å²) in [7, 11) is 0. The standard InChI is InChI=1S/C11H14O2/c1-4-10(12)9-5-7(2)8(3)6-11(9)13/h4-6,10,12-13H,1H2,2-3H3. The first-order chi connectivity index (χ1) is 6.06. The maximum Gasteiger partial charge on any atom is 0.121 e. The van der Waals surface area contributed by atoms with Crippen LogP contribution in [0.3, 0.4) is 0 Å². The molecule has 1 aromatic carbocycles. The smallest absolute Gasteiger partial charge is 0.121 e. The predicted molar refractivity (Wildman–Crippen MR) is 52.7 cm³/mol. The largest absolute Gasteiger partial charge is 0.508 e. The van der Waals surface area contributed by atoms with Crippen LogP contribution < -0.4 is 0 Å². The number of aliphatic hydroxyl groups is 1. The molecular weight excluding hydrogens is 164 g/mol. The average Bonchev–Trinajstić information content (AvgIpc) is 2.10. The molecule has 0 amide bonds. The first kappa shape index (κ1) is 9.81. The van der Waals surface area contributed by atoms with Gasteiger partial charge in [0, 0.05) is 5.56 Å². The van der Waals surface area contributed by atoms with Crippen molar-refractivity contribution in [2.24, 2.45) is 0 Å². The molecule has 13 heavy (non-hydrogen) atoms. The van der Waals surface area contributed by atoms with Crippen LogP contribution in [-0.4, -0.2) is 10.2 Å². The van der Waals surface area contributed by atoms with Crippen LogP contribution >= 0.6 is 0 Å². The molecule has 0 fully saturated rings. The zero-order valence-corrected chi connectivity index (χ0v) is 7.91. The maximum atomic E-state index is 9.51. The van der Waals surface area contributed by atoms with Crippen molar-refractivity contribution in [3.63, 3.8) is 0 Å². The van der Waals surface area contributed by atoms with E-state index >= 15 is 0 Å². The number of phenolic OH excluding ortho intramolecular Hbond substituents is 1. The Morgan fingerprint density at radius 2 is 1.85 bits per heavy atom. The Hall–Kier alpha value is -1.28. The minimum Gasteiger partial charge on any atom is -0.508 e. The fourth-order valence-corrected chi connectivity index (χ4v) is 1.19. The molecule has 0 aliphatic carbocycles. The molecule has 2 N–H and O–H groups in total. The monoisotopic (exact) mass is 178 g/mol. The van der Waals surface area contributed by atoms with Crippen molar-refractivity contribution in [2.45, 2.75) is 20.0 Å². The van der Waals surface area contributed by atoms with Crippen LogP contribution in [0.15, 0.2) is 24.8 Å². The Morgan fingerprint density at radius 3 is 2.38 bits per heavy atom. The maximum absolute atomic E-state index is 9.51. The van der Waals surface area contributed by atoms with Gasteiger partial charge >= 0.3 is 0 Å². The summed E-state index contributed by atoms with van der Waals surface area (Å²) < 4.78 is 0. The van der Waals surface area contributed by atoms with Crippen LogP contribution in [0.1, 0.15) is 22.8 Å². The van der Waals surface area contributed by atoms with Gasteiger partial charge in [-0.15, -0.1) is 6.58 Å². The van der Waals surface area contributed by atoms with E-state index in [1.165, 1.54) is 6.08 Å². The van der Waals surface area contributed by atoms with Gasteiger partial charge in [-0.05, 0) is 37.1 Å². The van der Waals surface area contributed by atoms with Crippen LogP contribution in [0.5, 0.6) is 5.75 Å². The molecule has 0 heterocycles. The molecule has 0 radical (unpaired) electrons. The summed E-state index contributed by atoms with van der Waals surface area (Å²) in [6, 6.07) is 3.42. The van der Waals surface area contributed by atoms with Gasteiger partial charge in [-0.1, -0.05) is 6.08 Å². The number of hydrogen-bond donors (Lipinski definition) is 2. The van der Waals surface area contributed by atoms with Crippen LogP contribution in [0.4, 0.5) is 0 Å². The number of aliphatic hydroxyl groups excluding tert-OH is 1. The highest BCUT2D eigenvalue weighted by Crippen LogP contribution is 2.27. The second-order valence-electron chi connectivity index (χ2n) is 3.18. The van der Waals surface area contributed by atoms with Gasteiger partial charge in [0.15, 0.2) is 0 Å².